The molecule has 16 heavy (non-hydrogen) atoms. The van der Waals surface area contributed by atoms with Gasteiger partial charge in [0, 0.05) is 19.1 Å². The van der Waals surface area contributed by atoms with E-state index in [0.717, 1.165) is 0 Å². The van der Waals surface area contributed by atoms with Crippen molar-refractivity contribution in [1.82, 2.24) is 4.90 Å². The molecule has 1 heterocycles. The Labute approximate surface area is 89.3 Å². The SMILES string of the molecule is N[C@@H]1CCN(CC(=O)OC(=O)C(F)(F)F)C1. The topological polar surface area (TPSA) is 72.6 Å². The van der Waals surface area contributed by atoms with Crippen molar-refractivity contribution in [2.24, 2.45) is 5.73 Å². The first-order valence-electron chi connectivity index (χ1n) is 4.59. The molecule has 8 heteroatoms. The van der Waals surface area contributed by atoms with Gasteiger partial charge in [-0.15, -0.1) is 0 Å². The fraction of sp³-hybridized carbons (Fsp3) is 0.750. The van der Waals surface area contributed by atoms with Crippen LogP contribution < -0.4 is 5.73 Å². The highest BCUT2D eigenvalue weighted by atomic mass is 19.4. The summed E-state index contributed by atoms with van der Waals surface area (Å²) < 4.78 is 38.8. The lowest BCUT2D eigenvalue weighted by Crippen LogP contribution is -2.35. The highest BCUT2D eigenvalue weighted by Gasteiger charge is 2.42. The number of rotatable bonds is 2. The summed E-state index contributed by atoms with van der Waals surface area (Å²) in [5, 5.41) is 0. The molecule has 1 aliphatic heterocycles. The van der Waals surface area contributed by atoms with Crippen LogP contribution >= 0.6 is 0 Å². The molecule has 0 aliphatic carbocycles. The zero-order valence-electron chi connectivity index (χ0n) is 8.29. The van der Waals surface area contributed by atoms with Crippen molar-refractivity contribution < 1.29 is 27.5 Å². The molecule has 1 fully saturated rings. The van der Waals surface area contributed by atoms with E-state index in [2.05, 4.69) is 4.74 Å². The Morgan fingerprint density at radius 3 is 2.50 bits per heavy atom. The van der Waals surface area contributed by atoms with Crippen LogP contribution in [0.1, 0.15) is 6.42 Å². The molecule has 0 spiro atoms. The molecule has 0 aromatic heterocycles. The van der Waals surface area contributed by atoms with Crippen molar-refractivity contribution in [3.63, 3.8) is 0 Å². The molecule has 0 saturated carbocycles. The Morgan fingerprint density at radius 2 is 2.06 bits per heavy atom. The number of esters is 2. The molecular formula is C8H11F3N2O3. The van der Waals surface area contributed by atoms with E-state index in [9.17, 15) is 22.8 Å². The molecule has 0 bridgehead atoms. The summed E-state index contributed by atoms with van der Waals surface area (Å²) >= 11 is 0. The quantitative estimate of drug-likeness (QED) is 0.527. The lowest BCUT2D eigenvalue weighted by atomic mass is 10.3. The maximum absolute atomic E-state index is 11.7. The van der Waals surface area contributed by atoms with Crippen LogP contribution in [-0.2, 0) is 14.3 Å². The van der Waals surface area contributed by atoms with Crippen LogP contribution in [-0.4, -0.2) is 48.7 Å². The second-order valence-electron chi connectivity index (χ2n) is 3.54. The summed E-state index contributed by atoms with van der Waals surface area (Å²) in [6.07, 6.45) is -4.47. The predicted octanol–water partition coefficient (Wildman–Crippen LogP) is -0.349. The number of carbonyl (C=O) groups excluding carboxylic acids is 2. The van der Waals surface area contributed by atoms with E-state index in [1.54, 1.807) is 0 Å². The number of ether oxygens (including phenoxy) is 1. The molecule has 92 valence electrons. The van der Waals surface area contributed by atoms with Crippen molar-refractivity contribution in [1.29, 1.82) is 0 Å². The third-order valence-corrected chi connectivity index (χ3v) is 2.10. The van der Waals surface area contributed by atoms with E-state index in [4.69, 9.17) is 5.73 Å². The van der Waals surface area contributed by atoms with Gasteiger partial charge in [-0.3, -0.25) is 9.69 Å². The molecule has 0 radical (unpaired) electrons. The van der Waals surface area contributed by atoms with Gasteiger partial charge in [-0.05, 0) is 6.42 Å². The van der Waals surface area contributed by atoms with Crippen molar-refractivity contribution in [3.05, 3.63) is 0 Å². The van der Waals surface area contributed by atoms with Crippen LogP contribution in [0.2, 0.25) is 0 Å². The van der Waals surface area contributed by atoms with Crippen LogP contribution in [0.4, 0.5) is 13.2 Å². The highest BCUT2D eigenvalue weighted by molar-refractivity contribution is 5.89. The average Bonchev–Trinajstić information content (AvgIpc) is 2.49. The largest absolute Gasteiger partial charge is 0.491 e. The molecule has 0 unspecified atom stereocenters. The maximum Gasteiger partial charge on any atom is 0.491 e. The van der Waals surface area contributed by atoms with Gasteiger partial charge in [0.2, 0.25) is 0 Å². The molecule has 1 atom stereocenters. The van der Waals surface area contributed by atoms with Gasteiger partial charge < -0.3 is 10.5 Å². The highest BCUT2D eigenvalue weighted by Crippen LogP contribution is 2.16. The summed E-state index contributed by atoms with van der Waals surface area (Å²) in [5.41, 5.74) is 5.53. The summed E-state index contributed by atoms with van der Waals surface area (Å²) in [5.74, 6) is -3.70. The van der Waals surface area contributed by atoms with E-state index in [0.29, 0.717) is 19.5 Å². The molecule has 0 amide bonds. The zero-order valence-corrected chi connectivity index (χ0v) is 8.29. The van der Waals surface area contributed by atoms with Gasteiger partial charge in [-0.1, -0.05) is 0 Å². The minimum atomic E-state index is -5.14. The summed E-state index contributed by atoms with van der Waals surface area (Å²) in [6, 6.07) is -0.0916. The van der Waals surface area contributed by atoms with Crippen molar-refractivity contribution in [3.8, 4) is 0 Å². The molecule has 0 aromatic carbocycles. The van der Waals surface area contributed by atoms with Crippen LogP contribution in [0.15, 0.2) is 0 Å². The number of nitrogens with zero attached hydrogens (tertiary/aromatic N) is 1. The normalized spacial score (nSPS) is 22.1. The number of carbonyl (C=O) groups is 2. The van der Waals surface area contributed by atoms with E-state index in [1.807, 2.05) is 0 Å². The van der Waals surface area contributed by atoms with E-state index < -0.39 is 18.1 Å². The lowest BCUT2D eigenvalue weighted by Gasteiger charge is -2.13. The lowest BCUT2D eigenvalue weighted by molar-refractivity contribution is -0.202. The minimum Gasteiger partial charge on any atom is -0.385 e. The number of alkyl halides is 3. The Balaban J connectivity index is 2.34. The fourth-order valence-corrected chi connectivity index (χ4v) is 1.38. The summed E-state index contributed by atoms with van der Waals surface area (Å²) in [6.45, 7) is 0.571. The van der Waals surface area contributed by atoms with E-state index >= 15 is 0 Å². The number of nitrogens with two attached hydrogens (primary N) is 1. The first kappa shape index (κ1) is 12.9. The number of likely N-dealkylation sites (tertiary alicyclic amines) is 1. The van der Waals surface area contributed by atoms with Gasteiger partial charge in [-0.2, -0.15) is 13.2 Å². The van der Waals surface area contributed by atoms with Gasteiger partial charge in [-0.25, -0.2) is 4.79 Å². The number of hydrogen-bond donors (Lipinski definition) is 1. The average molecular weight is 240 g/mol. The van der Waals surface area contributed by atoms with Crippen LogP contribution in [0, 0.1) is 0 Å². The molecule has 5 nitrogen and oxygen atoms in total. The Hall–Kier alpha value is -1.15. The zero-order chi connectivity index (χ0) is 12.3. The first-order chi connectivity index (χ1) is 7.29. The van der Waals surface area contributed by atoms with Gasteiger partial charge in [0.25, 0.3) is 0 Å². The third kappa shape index (κ3) is 3.78. The Bertz CT molecular complexity index is 293. The number of halogens is 3. The summed E-state index contributed by atoms with van der Waals surface area (Å²) in [4.78, 5) is 22.8. The number of hydrogen-bond acceptors (Lipinski definition) is 5. The monoisotopic (exact) mass is 240 g/mol. The van der Waals surface area contributed by atoms with Crippen molar-refractivity contribution in [2.75, 3.05) is 19.6 Å². The smallest absolute Gasteiger partial charge is 0.385 e. The van der Waals surface area contributed by atoms with Gasteiger partial charge >= 0.3 is 18.1 Å². The molecule has 1 saturated heterocycles. The van der Waals surface area contributed by atoms with Crippen molar-refractivity contribution >= 4 is 11.9 Å². The van der Waals surface area contributed by atoms with Crippen LogP contribution in [0.3, 0.4) is 0 Å². The van der Waals surface area contributed by atoms with Gasteiger partial charge in [0.1, 0.15) is 0 Å². The Morgan fingerprint density at radius 1 is 1.44 bits per heavy atom. The second kappa shape index (κ2) is 4.79. The van der Waals surface area contributed by atoms with Crippen LogP contribution in [0.5, 0.6) is 0 Å². The van der Waals surface area contributed by atoms with Crippen LogP contribution in [0.25, 0.3) is 0 Å². The first-order valence-corrected chi connectivity index (χ1v) is 4.59. The molecule has 2 N–H and O–H groups in total. The van der Waals surface area contributed by atoms with E-state index in [1.165, 1.54) is 4.90 Å². The van der Waals surface area contributed by atoms with Gasteiger partial charge in [0.05, 0.1) is 6.54 Å². The van der Waals surface area contributed by atoms with Crippen molar-refractivity contribution in [2.45, 2.75) is 18.6 Å². The second-order valence-corrected chi connectivity index (χ2v) is 3.54. The molecular weight excluding hydrogens is 229 g/mol. The summed E-state index contributed by atoms with van der Waals surface area (Å²) in [7, 11) is 0. The van der Waals surface area contributed by atoms with Gasteiger partial charge in [0.15, 0.2) is 0 Å². The fourth-order valence-electron chi connectivity index (χ4n) is 1.38. The maximum atomic E-state index is 11.7. The predicted molar refractivity (Wildman–Crippen MR) is 46.2 cm³/mol. The minimum absolute atomic E-state index is 0.0916. The Kier molecular flexibility index (Phi) is 3.87. The third-order valence-electron chi connectivity index (χ3n) is 2.10. The molecule has 0 aromatic rings. The standard InChI is InChI=1S/C8H11F3N2O3/c9-8(10,11)7(15)16-6(14)4-13-2-1-5(12)3-13/h5H,1-4,12H2/t5-/m1/s1. The molecule has 1 aliphatic rings. The molecule has 1 rings (SSSR count). The van der Waals surface area contributed by atoms with E-state index in [-0.39, 0.29) is 12.6 Å².